The maximum Gasteiger partial charge on any atom is 0.235 e. The molecule has 0 atom stereocenters. The average molecular weight is 250 g/mol. The smallest absolute Gasteiger partial charge is 0.235 e. The summed E-state index contributed by atoms with van der Waals surface area (Å²) in [4.78, 5) is 25.8. The van der Waals surface area contributed by atoms with Crippen LogP contribution in [0.5, 0.6) is 0 Å². The lowest BCUT2D eigenvalue weighted by molar-refractivity contribution is -0.121. The molecule has 1 fully saturated rings. The highest BCUT2D eigenvalue weighted by molar-refractivity contribution is 6.30. The summed E-state index contributed by atoms with van der Waals surface area (Å²) in [6.45, 7) is 0. The summed E-state index contributed by atoms with van der Waals surface area (Å²) >= 11 is 5.95. The Labute approximate surface area is 105 Å². The summed E-state index contributed by atoms with van der Waals surface area (Å²) in [6, 6.07) is 7.30. The molecule has 0 amide bonds. The minimum Gasteiger partial charge on any atom is -0.300 e. The second kappa shape index (κ2) is 4.82. The zero-order valence-corrected chi connectivity index (χ0v) is 10.0. The molecule has 1 aliphatic rings. The van der Waals surface area contributed by atoms with Crippen LogP contribution in [0.3, 0.4) is 0 Å². The molecule has 0 N–H and O–H groups in total. The first kappa shape index (κ1) is 12.0. The number of carbonyl (C=O) groups excluding carboxylic acids is 2. The van der Waals surface area contributed by atoms with E-state index in [-0.39, 0.29) is 5.78 Å². The fraction of sp³-hybridized carbons (Fsp3) is 0.385. The van der Waals surface area contributed by atoms with Crippen molar-refractivity contribution in [1.82, 2.24) is 0 Å². The minimum atomic E-state index is -0.611. The quantitative estimate of drug-likeness (QED) is 0.597. The van der Waals surface area contributed by atoms with Crippen LogP contribution in [-0.2, 0) is 15.1 Å². The van der Waals surface area contributed by atoms with Crippen LogP contribution in [0.1, 0.15) is 31.2 Å². The molecule has 2 rings (SSSR count). The van der Waals surface area contributed by atoms with Crippen LogP contribution in [0.4, 0.5) is 0 Å². The zero-order valence-electron chi connectivity index (χ0n) is 9.28. The Kier molecular flexibility index (Phi) is 3.41. The molecule has 0 aliphatic heterocycles. The lowest BCUT2D eigenvalue weighted by Gasteiger charge is -2.32. The maximum absolute atomic E-state index is 11.3. The van der Waals surface area contributed by atoms with Gasteiger partial charge in [0, 0.05) is 17.9 Å². The fourth-order valence-corrected chi connectivity index (χ4v) is 2.46. The number of rotatable bonds is 2. The largest absolute Gasteiger partial charge is 0.300 e. The first-order valence-electron chi connectivity index (χ1n) is 5.53. The Morgan fingerprint density at radius 1 is 1.29 bits per heavy atom. The van der Waals surface area contributed by atoms with Crippen molar-refractivity contribution in [3.63, 3.8) is 0 Å². The van der Waals surface area contributed by atoms with E-state index >= 15 is 0 Å². The van der Waals surface area contributed by atoms with E-state index < -0.39 is 5.54 Å². The number of carbonyl (C=O) groups is 1. The van der Waals surface area contributed by atoms with E-state index in [4.69, 9.17) is 11.6 Å². The van der Waals surface area contributed by atoms with Gasteiger partial charge in [0.25, 0.3) is 0 Å². The molecule has 1 saturated carbocycles. The number of halogens is 1. The van der Waals surface area contributed by atoms with Crippen LogP contribution in [0.25, 0.3) is 0 Å². The van der Waals surface area contributed by atoms with Crippen molar-refractivity contribution in [2.45, 2.75) is 31.2 Å². The van der Waals surface area contributed by atoms with E-state index in [0.29, 0.717) is 30.7 Å². The molecule has 17 heavy (non-hydrogen) atoms. The second-order valence-corrected chi connectivity index (χ2v) is 4.72. The number of hydrogen-bond acceptors (Lipinski definition) is 3. The summed E-state index contributed by atoms with van der Waals surface area (Å²) in [6.07, 6.45) is 3.66. The number of ketones is 1. The van der Waals surface area contributed by atoms with Crippen LogP contribution in [0, 0.1) is 0 Å². The summed E-state index contributed by atoms with van der Waals surface area (Å²) in [5.74, 6) is 0.226. The number of isocyanates is 1. The van der Waals surface area contributed by atoms with Crippen molar-refractivity contribution in [2.75, 3.05) is 0 Å². The van der Waals surface area contributed by atoms with E-state index in [1.807, 2.05) is 12.1 Å². The zero-order chi connectivity index (χ0) is 12.3. The summed E-state index contributed by atoms with van der Waals surface area (Å²) < 4.78 is 0. The van der Waals surface area contributed by atoms with E-state index in [9.17, 15) is 9.59 Å². The average Bonchev–Trinajstić information content (AvgIpc) is 2.33. The van der Waals surface area contributed by atoms with Gasteiger partial charge in [-0.15, -0.1) is 0 Å². The topological polar surface area (TPSA) is 46.5 Å². The third-order valence-corrected chi connectivity index (χ3v) is 3.49. The van der Waals surface area contributed by atoms with Gasteiger partial charge in [-0.25, -0.2) is 4.79 Å². The molecule has 1 aliphatic carbocycles. The van der Waals surface area contributed by atoms with Gasteiger partial charge in [-0.2, -0.15) is 4.99 Å². The minimum absolute atomic E-state index is 0.226. The van der Waals surface area contributed by atoms with Crippen LogP contribution in [-0.4, -0.2) is 11.9 Å². The second-order valence-electron chi connectivity index (χ2n) is 4.28. The fourth-order valence-electron chi connectivity index (χ4n) is 2.27. The molecule has 0 saturated heterocycles. The Morgan fingerprint density at radius 3 is 2.59 bits per heavy atom. The van der Waals surface area contributed by atoms with Gasteiger partial charge in [-0.1, -0.05) is 23.7 Å². The summed E-state index contributed by atoms with van der Waals surface area (Å²) in [5.41, 5.74) is 0.279. The van der Waals surface area contributed by atoms with E-state index in [2.05, 4.69) is 4.99 Å². The van der Waals surface area contributed by atoms with E-state index in [0.717, 1.165) is 5.56 Å². The van der Waals surface area contributed by atoms with Gasteiger partial charge >= 0.3 is 0 Å². The normalized spacial score (nSPS) is 18.5. The Balaban J connectivity index is 2.41. The Hall–Kier alpha value is -1.44. The first-order chi connectivity index (χ1) is 8.16. The highest BCUT2D eigenvalue weighted by atomic mass is 35.5. The third kappa shape index (κ3) is 2.46. The van der Waals surface area contributed by atoms with Gasteiger partial charge in [0.05, 0.1) is 5.54 Å². The molecule has 3 nitrogen and oxygen atoms in total. The van der Waals surface area contributed by atoms with Gasteiger partial charge in [-0.3, -0.25) is 4.79 Å². The molecule has 0 spiro atoms. The molecule has 88 valence electrons. The number of Topliss-reactive ketones (excluding diaryl/α,β-unsaturated/α-hetero) is 1. The molecular formula is C13H12ClNO2. The summed E-state index contributed by atoms with van der Waals surface area (Å²) in [5, 5.41) is 0.611. The van der Waals surface area contributed by atoms with Crippen LogP contribution in [0.2, 0.25) is 5.02 Å². The summed E-state index contributed by atoms with van der Waals surface area (Å²) in [7, 11) is 0. The van der Waals surface area contributed by atoms with E-state index in [1.54, 1.807) is 18.2 Å². The van der Waals surface area contributed by atoms with Crippen molar-refractivity contribution in [2.24, 2.45) is 4.99 Å². The molecule has 0 heterocycles. The van der Waals surface area contributed by atoms with Gasteiger partial charge < -0.3 is 0 Å². The van der Waals surface area contributed by atoms with Crippen molar-refractivity contribution < 1.29 is 9.59 Å². The Bertz CT molecular complexity index is 482. The van der Waals surface area contributed by atoms with Crippen LogP contribution >= 0.6 is 11.6 Å². The van der Waals surface area contributed by atoms with Gasteiger partial charge in [-0.05, 0) is 30.5 Å². The molecule has 0 unspecified atom stereocenters. The van der Waals surface area contributed by atoms with E-state index in [1.165, 1.54) is 0 Å². The highest BCUT2D eigenvalue weighted by Gasteiger charge is 2.36. The maximum atomic E-state index is 11.3. The van der Waals surface area contributed by atoms with Gasteiger partial charge in [0.2, 0.25) is 6.08 Å². The SMILES string of the molecule is O=C=NC1(c2cccc(Cl)c2)CCC(=O)CC1. The third-order valence-electron chi connectivity index (χ3n) is 3.26. The lowest BCUT2D eigenvalue weighted by atomic mass is 9.77. The highest BCUT2D eigenvalue weighted by Crippen LogP contribution is 2.39. The molecule has 1 aromatic rings. The standard InChI is InChI=1S/C13H12ClNO2/c14-11-3-1-2-10(8-11)13(15-9-16)6-4-12(17)5-7-13/h1-3,8H,4-7H2. The number of aliphatic imine (C=N–C) groups is 1. The van der Waals surface area contributed by atoms with Crippen molar-refractivity contribution in [1.29, 1.82) is 0 Å². The van der Waals surface area contributed by atoms with Gasteiger partial charge in [0.1, 0.15) is 5.78 Å². The van der Waals surface area contributed by atoms with Crippen molar-refractivity contribution >= 4 is 23.5 Å². The Morgan fingerprint density at radius 2 is 2.00 bits per heavy atom. The molecule has 0 radical (unpaired) electrons. The van der Waals surface area contributed by atoms with Gasteiger partial charge in [0.15, 0.2) is 0 Å². The van der Waals surface area contributed by atoms with Crippen molar-refractivity contribution in [3.05, 3.63) is 34.9 Å². The van der Waals surface area contributed by atoms with Crippen LogP contribution < -0.4 is 0 Å². The number of benzene rings is 1. The predicted molar refractivity (Wildman–Crippen MR) is 64.7 cm³/mol. The monoisotopic (exact) mass is 249 g/mol. The lowest BCUT2D eigenvalue weighted by Crippen LogP contribution is -2.30. The van der Waals surface area contributed by atoms with Crippen molar-refractivity contribution in [3.8, 4) is 0 Å². The molecular weight excluding hydrogens is 238 g/mol. The molecule has 0 bridgehead atoms. The predicted octanol–water partition coefficient (Wildman–Crippen LogP) is 3.01. The van der Waals surface area contributed by atoms with Crippen LogP contribution in [0.15, 0.2) is 29.3 Å². The first-order valence-corrected chi connectivity index (χ1v) is 5.91. The molecule has 4 heteroatoms. The number of nitrogens with zero attached hydrogens (tertiary/aromatic N) is 1. The molecule has 1 aromatic carbocycles. The number of hydrogen-bond donors (Lipinski definition) is 0. The molecule has 0 aromatic heterocycles.